The number of ether oxygens (including phenoxy) is 2. The van der Waals surface area contributed by atoms with Gasteiger partial charge < -0.3 is 9.47 Å². The third-order valence-corrected chi connectivity index (χ3v) is 8.69. The van der Waals surface area contributed by atoms with Gasteiger partial charge in [0.25, 0.3) is 0 Å². The second-order valence-corrected chi connectivity index (χ2v) is 11.3. The molecule has 9 rings (SSSR count). The van der Waals surface area contributed by atoms with Crippen molar-refractivity contribution in [1.29, 1.82) is 0 Å². The SMILES string of the molecule is CC1(C)c2cccc3c2N2c4c(cccc4Oc4cc(C=C5C(=O)c6cc7ccccc7cc6C5=O)cc1c42)O3. The molecule has 0 saturated heterocycles. The number of nitrogens with zero attached hydrogens (tertiary/aromatic N) is 1. The maximum atomic E-state index is 13.5. The number of anilines is 3. The number of hydrogen-bond donors (Lipinski definition) is 0. The van der Waals surface area contributed by atoms with Crippen molar-refractivity contribution in [2.24, 2.45) is 0 Å². The molecule has 5 nitrogen and oxygen atoms in total. The third-order valence-electron chi connectivity index (χ3n) is 8.69. The van der Waals surface area contributed by atoms with Gasteiger partial charge in [0.05, 0.1) is 16.9 Å². The van der Waals surface area contributed by atoms with Gasteiger partial charge in [-0.05, 0) is 76.0 Å². The first-order valence-electron chi connectivity index (χ1n) is 13.3. The highest BCUT2D eigenvalue weighted by molar-refractivity contribution is 6.42. The molecule has 5 aromatic carbocycles. The minimum absolute atomic E-state index is 0.179. The second kappa shape index (κ2) is 7.07. The number of carbonyl (C=O) groups is 2. The Balaban J connectivity index is 1.26. The minimum Gasteiger partial charge on any atom is -0.453 e. The highest BCUT2D eigenvalue weighted by Crippen LogP contribution is 2.66. The Morgan fingerprint density at radius 2 is 1.20 bits per heavy atom. The van der Waals surface area contributed by atoms with E-state index in [0.717, 1.165) is 56.0 Å². The van der Waals surface area contributed by atoms with Crippen LogP contribution in [0.4, 0.5) is 17.1 Å². The number of hydrogen-bond acceptors (Lipinski definition) is 5. The van der Waals surface area contributed by atoms with Crippen LogP contribution in [-0.2, 0) is 5.41 Å². The molecule has 0 unspecified atom stereocenters. The van der Waals surface area contributed by atoms with Crippen LogP contribution in [0.1, 0.15) is 51.3 Å². The number of para-hydroxylation sites is 2. The van der Waals surface area contributed by atoms with Crippen LogP contribution in [0.3, 0.4) is 0 Å². The summed E-state index contributed by atoms with van der Waals surface area (Å²) in [6.07, 6.45) is 1.72. The summed E-state index contributed by atoms with van der Waals surface area (Å²) in [5.74, 6) is 2.47. The van der Waals surface area contributed by atoms with E-state index >= 15 is 0 Å². The lowest BCUT2D eigenvalue weighted by atomic mass is 9.72. The van der Waals surface area contributed by atoms with Gasteiger partial charge in [-0.1, -0.05) is 56.3 Å². The van der Waals surface area contributed by atoms with Gasteiger partial charge in [0, 0.05) is 16.5 Å². The fraction of sp³-hybridized carbons (Fsp3) is 0.0857. The Bertz CT molecular complexity index is 2030. The van der Waals surface area contributed by atoms with Gasteiger partial charge in [0.2, 0.25) is 0 Å². The maximum absolute atomic E-state index is 13.5. The lowest BCUT2D eigenvalue weighted by molar-refractivity contribution is 0.0990. The Labute approximate surface area is 229 Å². The molecule has 190 valence electrons. The Morgan fingerprint density at radius 3 is 1.88 bits per heavy atom. The van der Waals surface area contributed by atoms with E-state index < -0.39 is 0 Å². The largest absolute Gasteiger partial charge is 0.453 e. The molecule has 4 aliphatic rings. The van der Waals surface area contributed by atoms with Crippen molar-refractivity contribution < 1.29 is 19.1 Å². The van der Waals surface area contributed by atoms with E-state index in [1.165, 1.54) is 0 Å². The fourth-order valence-electron chi connectivity index (χ4n) is 6.75. The average Bonchev–Trinajstić information content (AvgIpc) is 3.18. The van der Waals surface area contributed by atoms with Gasteiger partial charge in [-0.15, -0.1) is 0 Å². The van der Waals surface area contributed by atoms with Crippen molar-refractivity contribution in [2.75, 3.05) is 4.90 Å². The van der Waals surface area contributed by atoms with Crippen molar-refractivity contribution in [1.82, 2.24) is 0 Å². The summed E-state index contributed by atoms with van der Waals surface area (Å²) in [7, 11) is 0. The molecule has 3 heterocycles. The first-order chi connectivity index (χ1) is 19.4. The van der Waals surface area contributed by atoms with Crippen LogP contribution in [0.5, 0.6) is 23.0 Å². The maximum Gasteiger partial charge on any atom is 0.197 e. The molecule has 0 radical (unpaired) electrons. The standard InChI is InChI=1S/C35H21NO4/c1-35(2)24-9-5-10-26-30(24)36-31-25(35)14-18(15-29(31)40-28-12-6-11-27(39-26)32(28)36)13-23-33(37)21-16-19-7-3-4-8-20(19)17-22(21)34(23)38/h3-17H,1-2H3. The monoisotopic (exact) mass is 519 g/mol. The second-order valence-electron chi connectivity index (χ2n) is 11.3. The Hall–Kier alpha value is -5.16. The van der Waals surface area contributed by atoms with Crippen molar-refractivity contribution in [3.8, 4) is 23.0 Å². The van der Waals surface area contributed by atoms with E-state index in [2.05, 4.69) is 30.9 Å². The number of fused-ring (bicyclic) bond motifs is 2. The fourth-order valence-corrected chi connectivity index (χ4v) is 6.75. The predicted octanol–water partition coefficient (Wildman–Crippen LogP) is 8.62. The summed E-state index contributed by atoms with van der Waals surface area (Å²) >= 11 is 0. The molecule has 1 aliphatic carbocycles. The van der Waals surface area contributed by atoms with Crippen molar-refractivity contribution >= 4 is 45.5 Å². The summed E-state index contributed by atoms with van der Waals surface area (Å²) in [4.78, 5) is 29.3. The van der Waals surface area contributed by atoms with Gasteiger partial charge in [-0.25, -0.2) is 0 Å². The molecule has 0 fully saturated rings. The lowest BCUT2D eigenvalue weighted by Crippen LogP contribution is -2.34. The van der Waals surface area contributed by atoms with Crippen LogP contribution in [-0.4, -0.2) is 11.6 Å². The topological polar surface area (TPSA) is 55.8 Å². The van der Waals surface area contributed by atoms with Crippen LogP contribution in [0.25, 0.3) is 16.8 Å². The van der Waals surface area contributed by atoms with E-state index in [1.54, 1.807) is 6.08 Å². The van der Waals surface area contributed by atoms with Gasteiger partial charge in [0.15, 0.2) is 34.6 Å². The van der Waals surface area contributed by atoms with Gasteiger partial charge in [-0.2, -0.15) is 0 Å². The number of carbonyl (C=O) groups excluding carboxylic acids is 2. The summed E-state index contributed by atoms with van der Waals surface area (Å²) in [6, 6.07) is 27.5. The van der Waals surface area contributed by atoms with Crippen molar-refractivity contribution in [2.45, 2.75) is 19.3 Å². The van der Waals surface area contributed by atoms with E-state index in [0.29, 0.717) is 22.6 Å². The summed E-state index contributed by atoms with van der Waals surface area (Å²) in [5.41, 5.74) is 6.55. The zero-order chi connectivity index (χ0) is 26.9. The van der Waals surface area contributed by atoms with E-state index in [4.69, 9.17) is 9.47 Å². The number of Topliss-reactive ketones (excluding diaryl/α,β-unsaturated/α-hetero) is 2. The molecule has 0 saturated carbocycles. The number of benzene rings is 5. The van der Waals surface area contributed by atoms with E-state index in [1.807, 2.05) is 72.8 Å². The number of ketones is 2. The summed E-state index contributed by atoms with van der Waals surface area (Å²) < 4.78 is 12.8. The quantitative estimate of drug-likeness (QED) is 0.161. The molecule has 5 aromatic rings. The van der Waals surface area contributed by atoms with Crippen LogP contribution in [0.2, 0.25) is 0 Å². The van der Waals surface area contributed by atoms with Gasteiger partial charge in [-0.3, -0.25) is 14.5 Å². The van der Waals surface area contributed by atoms with Gasteiger partial charge >= 0.3 is 0 Å². The predicted molar refractivity (Wildman–Crippen MR) is 154 cm³/mol. The molecular formula is C35H21NO4. The van der Waals surface area contributed by atoms with Crippen molar-refractivity contribution in [3.63, 3.8) is 0 Å². The third kappa shape index (κ3) is 2.57. The van der Waals surface area contributed by atoms with E-state index in [9.17, 15) is 9.59 Å². The minimum atomic E-state index is -0.388. The van der Waals surface area contributed by atoms with Gasteiger partial charge in [0.1, 0.15) is 5.69 Å². The first kappa shape index (κ1) is 21.7. The summed E-state index contributed by atoms with van der Waals surface area (Å²) in [5, 5.41) is 1.89. The molecule has 0 N–H and O–H groups in total. The Kier molecular flexibility index (Phi) is 3.84. The lowest BCUT2D eigenvalue weighted by Gasteiger charge is -2.47. The van der Waals surface area contributed by atoms with Crippen LogP contribution < -0.4 is 14.4 Å². The van der Waals surface area contributed by atoms with E-state index in [-0.39, 0.29) is 22.6 Å². The zero-order valence-electron chi connectivity index (χ0n) is 21.7. The molecule has 0 bridgehead atoms. The molecule has 3 aliphatic heterocycles. The van der Waals surface area contributed by atoms with Crippen LogP contribution in [0, 0.1) is 0 Å². The molecule has 40 heavy (non-hydrogen) atoms. The molecule has 0 aromatic heterocycles. The molecular weight excluding hydrogens is 498 g/mol. The van der Waals surface area contributed by atoms with Crippen molar-refractivity contribution in [3.05, 3.63) is 118 Å². The number of allylic oxidation sites excluding steroid dienone is 1. The smallest absolute Gasteiger partial charge is 0.197 e. The molecule has 0 spiro atoms. The zero-order valence-corrected chi connectivity index (χ0v) is 21.7. The van der Waals surface area contributed by atoms with Crippen LogP contribution in [0.15, 0.2) is 90.5 Å². The molecule has 5 heteroatoms. The highest BCUT2D eigenvalue weighted by Gasteiger charge is 2.46. The molecule has 0 atom stereocenters. The molecule has 0 amide bonds. The summed E-state index contributed by atoms with van der Waals surface area (Å²) in [6.45, 7) is 4.38. The Morgan fingerprint density at radius 1 is 0.625 bits per heavy atom. The normalized spacial score (nSPS) is 16.4. The average molecular weight is 520 g/mol. The van der Waals surface area contributed by atoms with Crippen LogP contribution >= 0.6 is 0 Å². The first-order valence-corrected chi connectivity index (χ1v) is 13.3. The highest BCUT2D eigenvalue weighted by atomic mass is 16.5. The number of rotatable bonds is 1.